The van der Waals surface area contributed by atoms with E-state index in [1.165, 1.54) is 0 Å². The lowest BCUT2D eigenvalue weighted by Crippen LogP contribution is -2.27. The van der Waals surface area contributed by atoms with Gasteiger partial charge in [0.05, 0.1) is 11.7 Å². The van der Waals surface area contributed by atoms with Crippen LogP contribution in [0.25, 0.3) is 0 Å². The molecule has 110 valence electrons. The van der Waals surface area contributed by atoms with E-state index in [-0.39, 0.29) is 18.7 Å². The maximum atomic E-state index is 12.3. The van der Waals surface area contributed by atoms with Gasteiger partial charge in [-0.15, -0.1) is 0 Å². The maximum absolute atomic E-state index is 12.3. The fourth-order valence-corrected chi connectivity index (χ4v) is 2.34. The lowest BCUT2D eigenvalue weighted by Gasteiger charge is -2.14. The minimum Gasteiger partial charge on any atom is -0.454 e. The lowest BCUT2D eigenvalue weighted by molar-refractivity contribution is 0.0937. The summed E-state index contributed by atoms with van der Waals surface area (Å²) in [7, 11) is 0. The fraction of sp³-hybridized carbons (Fsp3) is 0.333. The van der Waals surface area contributed by atoms with Crippen molar-refractivity contribution in [1.29, 1.82) is 0 Å². The lowest BCUT2D eigenvalue weighted by atomic mass is 10.1. The van der Waals surface area contributed by atoms with E-state index in [9.17, 15) is 4.79 Å². The first-order valence-electron chi connectivity index (χ1n) is 6.69. The van der Waals surface area contributed by atoms with E-state index < -0.39 is 0 Å². The van der Waals surface area contributed by atoms with Crippen LogP contribution in [0.5, 0.6) is 11.5 Å². The van der Waals surface area contributed by atoms with Crippen molar-refractivity contribution in [3.05, 3.63) is 40.8 Å². The third kappa shape index (κ3) is 2.44. The van der Waals surface area contributed by atoms with Gasteiger partial charge in [0.25, 0.3) is 5.91 Å². The first kappa shape index (κ1) is 13.5. The Bertz CT molecular complexity index is 673. The van der Waals surface area contributed by atoms with E-state index in [2.05, 4.69) is 10.5 Å². The molecule has 0 saturated carbocycles. The number of nitrogens with zero attached hydrogens (tertiary/aromatic N) is 1. The molecular weight excluding hydrogens is 272 g/mol. The molecule has 0 radical (unpaired) electrons. The summed E-state index contributed by atoms with van der Waals surface area (Å²) in [5.41, 5.74) is 2.02. The van der Waals surface area contributed by atoms with E-state index in [4.69, 9.17) is 14.0 Å². The minimum absolute atomic E-state index is 0.166. The first-order chi connectivity index (χ1) is 10.1. The molecule has 0 bridgehead atoms. The first-order valence-corrected chi connectivity index (χ1v) is 6.69. The molecule has 21 heavy (non-hydrogen) atoms. The molecule has 0 spiro atoms. The largest absolute Gasteiger partial charge is 0.454 e. The van der Waals surface area contributed by atoms with E-state index in [0.29, 0.717) is 22.8 Å². The van der Waals surface area contributed by atoms with E-state index in [1.807, 2.05) is 25.1 Å². The van der Waals surface area contributed by atoms with Crippen molar-refractivity contribution in [3.8, 4) is 11.5 Å². The number of carbonyl (C=O) groups excluding carboxylic acids is 1. The van der Waals surface area contributed by atoms with Crippen LogP contribution in [0, 0.1) is 13.8 Å². The van der Waals surface area contributed by atoms with Crippen molar-refractivity contribution in [2.24, 2.45) is 0 Å². The van der Waals surface area contributed by atoms with Crippen molar-refractivity contribution < 1.29 is 18.8 Å². The number of hydrogen-bond acceptors (Lipinski definition) is 5. The molecule has 3 rings (SSSR count). The predicted octanol–water partition coefficient (Wildman–Crippen LogP) is 2.51. The Morgan fingerprint density at radius 1 is 1.29 bits per heavy atom. The smallest absolute Gasteiger partial charge is 0.257 e. The number of nitrogens with one attached hydrogen (secondary N) is 1. The highest BCUT2D eigenvalue weighted by atomic mass is 16.7. The Morgan fingerprint density at radius 3 is 2.76 bits per heavy atom. The summed E-state index contributed by atoms with van der Waals surface area (Å²) in [6, 6.07) is 5.46. The van der Waals surface area contributed by atoms with Gasteiger partial charge in [-0.25, -0.2) is 0 Å². The zero-order chi connectivity index (χ0) is 15.0. The number of benzene rings is 1. The summed E-state index contributed by atoms with van der Waals surface area (Å²) in [4.78, 5) is 12.3. The number of aromatic nitrogens is 1. The molecule has 2 heterocycles. The molecular formula is C15H16N2O4. The monoisotopic (exact) mass is 288 g/mol. The summed E-state index contributed by atoms with van der Waals surface area (Å²) in [5.74, 6) is 1.74. The number of amides is 1. The third-order valence-electron chi connectivity index (χ3n) is 3.50. The second kappa shape index (κ2) is 5.12. The molecule has 1 aromatic heterocycles. The Hall–Kier alpha value is -2.50. The van der Waals surface area contributed by atoms with Gasteiger partial charge < -0.3 is 19.3 Å². The number of ether oxygens (including phenoxy) is 2. The minimum atomic E-state index is -0.198. The maximum Gasteiger partial charge on any atom is 0.257 e. The summed E-state index contributed by atoms with van der Waals surface area (Å²) in [6.45, 7) is 5.61. The molecule has 6 heteroatoms. The highest BCUT2D eigenvalue weighted by molar-refractivity contribution is 5.96. The number of aryl methyl sites for hydroxylation is 2. The topological polar surface area (TPSA) is 73.6 Å². The van der Waals surface area contributed by atoms with Crippen molar-refractivity contribution in [3.63, 3.8) is 0 Å². The summed E-state index contributed by atoms with van der Waals surface area (Å²) < 4.78 is 15.6. The molecule has 2 aromatic rings. The van der Waals surface area contributed by atoms with Crippen LogP contribution in [0.3, 0.4) is 0 Å². The molecule has 1 aliphatic rings. The molecule has 1 aromatic carbocycles. The van der Waals surface area contributed by atoms with Crippen LogP contribution in [-0.4, -0.2) is 17.9 Å². The van der Waals surface area contributed by atoms with Crippen molar-refractivity contribution in [2.75, 3.05) is 6.79 Å². The van der Waals surface area contributed by atoms with Gasteiger partial charge in [-0.3, -0.25) is 4.79 Å². The van der Waals surface area contributed by atoms with Gasteiger partial charge in [0, 0.05) is 0 Å². The van der Waals surface area contributed by atoms with E-state index >= 15 is 0 Å². The Labute approximate surface area is 122 Å². The highest BCUT2D eigenvalue weighted by Gasteiger charge is 2.21. The van der Waals surface area contributed by atoms with Crippen LogP contribution >= 0.6 is 0 Å². The number of hydrogen-bond donors (Lipinski definition) is 1. The van der Waals surface area contributed by atoms with Gasteiger partial charge in [0.2, 0.25) is 6.79 Å². The molecule has 0 saturated heterocycles. The van der Waals surface area contributed by atoms with Crippen molar-refractivity contribution in [1.82, 2.24) is 10.5 Å². The van der Waals surface area contributed by atoms with Crippen molar-refractivity contribution in [2.45, 2.75) is 26.8 Å². The van der Waals surface area contributed by atoms with E-state index in [0.717, 1.165) is 11.3 Å². The number of fused-ring (bicyclic) bond motifs is 1. The van der Waals surface area contributed by atoms with Crippen LogP contribution in [0.2, 0.25) is 0 Å². The van der Waals surface area contributed by atoms with Crippen LogP contribution in [0.1, 0.15) is 40.3 Å². The molecule has 0 aliphatic carbocycles. The third-order valence-corrected chi connectivity index (χ3v) is 3.50. The zero-order valence-corrected chi connectivity index (χ0v) is 12.1. The normalized spacial score (nSPS) is 14.0. The standard InChI is InChI=1S/C15H16N2O4/c1-8(11-4-5-12-13(6-11)20-7-19-12)16-15(18)14-9(2)17-21-10(14)3/h4-6,8H,7H2,1-3H3,(H,16,18)/t8-/m1/s1. The highest BCUT2D eigenvalue weighted by Crippen LogP contribution is 2.34. The Balaban J connectivity index is 1.77. The average Bonchev–Trinajstić information content (AvgIpc) is 3.04. The molecule has 6 nitrogen and oxygen atoms in total. The van der Waals surface area contributed by atoms with Crippen LogP contribution in [0.15, 0.2) is 22.7 Å². The fourth-order valence-electron chi connectivity index (χ4n) is 2.34. The van der Waals surface area contributed by atoms with E-state index in [1.54, 1.807) is 13.8 Å². The quantitative estimate of drug-likeness (QED) is 0.939. The summed E-state index contributed by atoms with van der Waals surface area (Å²) >= 11 is 0. The van der Waals surface area contributed by atoms with Gasteiger partial charge in [0.1, 0.15) is 11.3 Å². The van der Waals surface area contributed by atoms with Crippen LogP contribution in [0.4, 0.5) is 0 Å². The van der Waals surface area contributed by atoms with Crippen LogP contribution < -0.4 is 14.8 Å². The molecule has 1 aliphatic heterocycles. The summed E-state index contributed by atoms with van der Waals surface area (Å²) in [6.07, 6.45) is 0. The second-order valence-corrected chi connectivity index (χ2v) is 5.01. The molecule has 0 unspecified atom stereocenters. The molecule has 0 fully saturated rings. The predicted molar refractivity (Wildman–Crippen MR) is 74.4 cm³/mol. The summed E-state index contributed by atoms with van der Waals surface area (Å²) in [5, 5.41) is 6.73. The number of carbonyl (C=O) groups is 1. The van der Waals surface area contributed by atoms with Gasteiger partial charge in [-0.05, 0) is 38.5 Å². The molecule has 1 amide bonds. The van der Waals surface area contributed by atoms with Gasteiger partial charge in [0.15, 0.2) is 11.5 Å². The van der Waals surface area contributed by atoms with Crippen molar-refractivity contribution >= 4 is 5.91 Å². The Kier molecular flexibility index (Phi) is 3.29. The second-order valence-electron chi connectivity index (χ2n) is 5.01. The van der Waals surface area contributed by atoms with Gasteiger partial charge >= 0.3 is 0 Å². The Morgan fingerprint density at radius 2 is 2.05 bits per heavy atom. The van der Waals surface area contributed by atoms with Gasteiger partial charge in [-0.2, -0.15) is 0 Å². The van der Waals surface area contributed by atoms with Crippen LogP contribution in [-0.2, 0) is 0 Å². The molecule has 1 atom stereocenters. The van der Waals surface area contributed by atoms with Gasteiger partial charge in [-0.1, -0.05) is 11.2 Å². The SMILES string of the molecule is Cc1noc(C)c1C(=O)N[C@H](C)c1ccc2c(c1)OCO2. The number of rotatable bonds is 3. The average molecular weight is 288 g/mol. The zero-order valence-electron chi connectivity index (χ0n) is 12.1. The molecule has 1 N–H and O–H groups in total.